The topological polar surface area (TPSA) is 29.9 Å². The molecule has 3 nitrogen and oxygen atoms in total. The number of para-hydroxylation sites is 2. The molecule has 0 saturated heterocycles. The summed E-state index contributed by atoms with van der Waals surface area (Å²) in [5.41, 5.74) is 2.39. The molecule has 1 atom stereocenters. The Morgan fingerprint density at radius 1 is 1.14 bits per heavy atom. The summed E-state index contributed by atoms with van der Waals surface area (Å²) in [7, 11) is 0. The van der Waals surface area contributed by atoms with Gasteiger partial charge in [0, 0.05) is 13.0 Å². The van der Waals surface area contributed by atoms with E-state index in [4.69, 9.17) is 4.98 Å². The molecule has 0 spiro atoms. The summed E-state index contributed by atoms with van der Waals surface area (Å²) >= 11 is 0. The Labute approximate surface area is 128 Å². The van der Waals surface area contributed by atoms with E-state index in [-0.39, 0.29) is 0 Å². The third-order valence-corrected chi connectivity index (χ3v) is 3.96. The van der Waals surface area contributed by atoms with Crippen molar-refractivity contribution in [2.45, 2.75) is 47.1 Å². The van der Waals surface area contributed by atoms with E-state index in [0.29, 0.717) is 5.92 Å². The van der Waals surface area contributed by atoms with Crippen LogP contribution >= 0.6 is 0 Å². The minimum atomic E-state index is 0.689. The van der Waals surface area contributed by atoms with E-state index >= 15 is 0 Å². The maximum Gasteiger partial charge on any atom is 0.109 e. The van der Waals surface area contributed by atoms with Crippen molar-refractivity contribution >= 4 is 11.0 Å². The van der Waals surface area contributed by atoms with Gasteiger partial charge < -0.3 is 9.88 Å². The van der Waals surface area contributed by atoms with Crippen molar-refractivity contribution in [2.75, 3.05) is 13.1 Å². The molecule has 1 N–H and O–H groups in total. The highest BCUT2D eigenvalue weighted by Crippen LogP contribution is 2.18. The zero-order valence-electron chi connectivity index (χ0n) is 13.9. The van der Waals surface area contributed by atoms with Gasteiger partial charge in [0.25, 0.3) is 0 Å². The Morgan fingerprint density at radius 2 is 1.90 bits per heavy atom. The quantitative estimate of drug-likeness (QED) is 0.798. The predicted octanol–water partition coefficient (Wildman–Crippen LogP) is 3.87. The van der Waals surface area contributed by atoms with E-state index < -0.39 is 0 Å². The van der Waals surface area contributed by atoms with Crippen molar-refractivity contribution < 1.29 is 0 Å². The van der Waals surface area contributed by atoms with Crippen molar-refractivity contribution in [3.8, 4) is 0 Å². The van der Waals surface area contributed by atoms with Gasteiger partial charge in [0.15, 0.2) is 0 Å². The first-order valence-corrected chi connectivity index (χ1v) is 8.26. The number of aromatic nitrogens is 2. The number of imidazole rings is 1. The molecule has 1 unspecified atom stereocenters. The molecule has 0 aliphatic heterocycles. The van der Waals surface area contributed by atoms with Crippen LogP contribution in [0.4, 0.5) is 0 Å². The Morgan fingerprint density at radius 3 is 2.62 bits per heavy atom. The second-order valence-electron chi connectivity index (χ2n) is 6.46. The van der Waals surface area contributed by atoms with Crippen LogP contribution in [0.15, 0.2) is 24.3 Å². The average molecular weight is 287 g/mol. The molecule has 1 heterocycles. The van der Waals surface area contributed by atoms with Crippen LogP contribution in [-0.2, 0) is 13.0 Å². The lowest BCUT2D eigenvalue weighted by molar-refractivity contribution is 0.448. The number of fused-ring (bicyclic) bond motifs is 1. The molecule has 1 aromatic heterocycles. The van der Waals surface area contributed by atoms with Crippen LogP contribution in [0.25, 0.3) is 11.0 Å². The average Bonchev–Trinajstić information content (AvgIpc) is 2.82. The molecule has 3 heteroatoms. The van der Waals surface area contributed by atoms with Crippen LogP contribution in [-0.4, -0.2) is 22.6 Å². The molecule has 21 heavy (non-hydrogen) atoms. The van der Waals surface area contributed by atoms with Gasteiger partial charge in [-0.05, 0) is 50.4 Å². The molecule has 116 valence electrons. The fourth-order valence-corrected chi connectivity index (χ4v) is 2.77. The number of rotatable bonds is 8. The number of nitrogens with zero attached hydrogens (tertiary/aromatic N) is 2. The lowest BCUT2D eigenvalue weighted by Crippen LogP contribution is -2.25. The van der Waals surface area contributed by atoms with Gasteiger partial charge in [-0.25, -0.2) is 4.98 Å². The molecule has 2 aromatic rings. The third kappa shape index (κ3) is 4.31. The lowest BCUT2D eigenvalue weighted by atomic mass is 10.1. The summed E-state index contributed by atoms with van der Waals surface area (Å²) in [5.74, 6) is 2.64. The normalized spacial score (nSPS) is 13.2. The summed E-state index contributed by atoms with van der Waals surface area (Å²) in [5, 5.41) is 3.55. The van der Waals surface area contributed by atoms with Crippen LogP contribution in [0, 0.1) is 11.8 Å². The maximum absolute atomic E-state index is 4.81. The molecular weight excluding hydrogens is 258 g/mol. The predicted molar refractivity (Wildman–Crippen MR) is 90.6 cm³/mol. The van der Waals surface area contributed by atoms with Crippen LogP contribution in [0.2, 0.25) is 0 Å². The number of benzene rings is 1. The fourth-order valence-electron chi connectivity index (χ4n) is 2.77. The Kier molecular flexibility index (Phi) is 5.80. The molecule has 0 saturated carbocycles. The fraction of sp³-hybridized carbons (Fsp3) is 0.611. The van der Waals surface area contributed by atoms with Crippen molar-refractivity contribution in [2.24, 2.45) is 11.8 Å². The van der Waals surface area contributed by atoms with Crippen molar-refractivity contribution in [1.29, 1.82) is 0 Å². The van der Waals surface area contributed by atoms with Gasteiger partial charge in [0.05, 0.1) is 11.0 Å². The number of aryl methyl sites for hydroxylation is 2. The van der Waals surface area contributed by atoms with Crippen LogP contribution in [0.5, 0.6) is 0 Å². The summed E-state index contributed by atoms with van der Waals surface area (Å²) < 4.78 is 2.35. The van der Waals surface area contributed by atoms with E-state index in [1.165, 1.54) is 17.8 Å². The van der Waals surface area contributed by atoms with E-state index in [1.807, 2.05) is 0 Å². The molecule has 0 radical (unpaired) electrons. The number of hydrogen-bond acceptors (Lipinski definition) is 2. The summed E-state index contributed by atoms with van der Waals surface area (Å²) in [4.78, 5) is 4.81. The van der Waals surface area contributed by atoms with Crippen molar-refractivity contribution in [3.63, 3.8) is 0 Å². The molecule has 0 amide bonds. The highest BCUT2D eigenvalue weighted by Gasteiger charge is 2.10. The molecule has 0 aliphatic carbocycles. The maximum atomic E-state index is 4.81. The van der Waals surface area contributed by atoms with Gasteiger partial charge in [-0.1, -0.05) is 32.9 Å². The van der Waals surface area contributed by atoms with E-state index in [9.17, 15) is 0 Å². The van der Waals surface area contributed by atoms with Gasteiger partial charge in [0.1, 0.15) is 5.82 Å². The first-order chi connectivity index (χ1) is 10.1. The monoisotopic (exact) mass is 287 g/mol. The molecule has 0 bridgehead atoms. The van der Waals surface area contributed by atoms with Crippen LogP contribution < -0.4 is 5.32 Å². The van der Waals surface area contributed by atoms with Gasteiger partial charge in [-0.3, -0.25) is 0 Å². The van der Waals surface area contributed by atoms with E-state index in [1.54, 1.807) is 0 Å². The first kappa shape index (κ1) is 16.0. The number of nitrogens with one attached hydrogen (secondary N) is 1. The van der Waals surface area contributed by atoms with Crippen LogP contribution in [0.3, 0.4) is 0 Å². The molecular formula is C18H29N3. The molecule has 0 aliphatic rings. The SMILES string of the molecule is CCn1c(CCC(C)CNCC(C)C)nc2ccccc21. The first-order valence-electron chi connectivity index (χ1n) is 8.26. The van der Waals surface area contributed by atoms with Gasteiger partial charge >= 0.3 is 0 Å². The smallest absolute Gasteiger partial charge is 0.109 e. The second-order valence-corrected chi connectivity index (χ2v) is 6.46. The van der Waals surface area contributed by atoms with E-state index in [0.717, 1.165) is 37.5 Å². The van der Waals surface area contributed by atoms with E-state index in [2.05, 4.69) is 61.8 Å². The Balaban J connectivity index is 1.93. The van der Waals surface area contributed by atoms with Crippen LogP contribution in [0.1, 0.15) is 39.9 Å². The standard InChI is InChI=1S/C18H29N3/c1-5-21-17-9-7-6-8-16(17)20-18(21)11-10-15(4)13-19-12-14(2)3/h6-9,14-15,19H,5,10-13H2,1-4H3. The molecule has 2 rings (SSSR count). The van der Waals surface area contributed by atoms with Gasteiger partial charge in [-0.2, -0.15) is 0 Å². The highest BCUT2D eigenvalue weighted by atomic mass is 15.1. The zero-order valence-corrected chi connectivity index (χ0v) is 13.9. The summed E-state index contributed by atoms with van der Waals surface area (Å²) in [6, 6.07) is 8.44. The zero-order chi connectivity index (χ0) is 15.2. The second kappa shape index (κ2) is 7.60. The Bertz CT molecular complexity index is 557. The molecule has 0 fully saturated rings. The van der Waals surface area contributed by atoms with Crippen molar-refractivity contribution in [3.05, 3.63) is 30.1 Å². The summed E-state index contributed by atoms with van der Waals surface area (Å²) in [6.45, 7) is 12.2. The van der Waals surface area contributed by atoms with Gasteiger partial charge in [0.2, 0.25) is 0 Å². The van der Waals surface area contributed by atoms with Gasteiger partial charge in [-0.15, -0.1) is 0 Å². The highest BCUT2D eigenvalue weighted by molar-refractivity contribution is 5.75. The minimum absolute atomic E-state index is 0.689. The summed E-state index contributed by atoms with van der Waals surface area (Å²) in [6.07, 6.45) is 2.25. The lowest BCUT2D eigenvalue weighted by Gasteiger charge is -2.14. The third-order valence-electron chi connectivity index (χ3n) is 3.96. The molecule has 1 aromatic carbocycles. The number of hydrogen-bond donors (Lipinski definition) is 1. The Hall–Kier alpha value is -1.35. The van der Waals surface area contributed by atoms with Crippen molar-refractivity contribution in [1.82, 2.24) is 14.9 Å². The largest absolute Gasteiger partial charge is 0.328 e. The minimum Gasteiger partial charge on any atom is -0.328 e.